The van der Waals surface area contributed by atoms with Gasteiger partial charge in [-0.15, -0.1) is 0 Å². The SMILES string of the molecule is COC(=O)[C@@H]1Cc2ncn(Cc3ccc(Cl)cc3)c2CN1Cc1ccc(CO)o1. The van der Waals surface area contributed by atoms with E-state index in [0.29, 0.717) is 42.6 Å². The van der Waals surface area contributed by atoms with Crippen LogP contribution >= 0.6 is 11.6 Å². The van der Waals surface area contributed by atoms with Crippen LogP contribution < -0.4 is 0 Å². The van der Waals surface area contributed by atoms with Gasteiger partial charge in [-0.1, -0.05) is 23.7 Å². The molecule has 0 saturated heterocycles. The fourth-order valence-electron chi connectivity index (χ4n) is 3.67. The Morgan fingerprint density at radius 1 is 1.24 bits per heavy atom. The summed E-state index contributed by atoms with van der Waals surface area (Å²) in [4.78, 5) is 19.0. The first-order valence-electron chi connectivity index (χ1n) is 9.35. The van der Waals surface area contributed by atoms with Gasteiger partial charge in [-0.3, -0.25) is 9.69 Å². The van der Waals surface area contributed by atoms with Crippen LogP contribution in [0, 0.1) is 0 Å². The third-order valence-electron chi connectivity index (χ3n) is 5.18. The van der Waals surface area contributed by atoms with Crippen LogP contribution in [0.3, 0.4) is 0 Å². The van der Waals surface area contributed by atoms with Gasteiger partial charge in [-0.25, -0.2) is 4.98 Å². The second-order valence-corrected chi connectivity index (χ2v) is 7.50. The molecule has 0 spiro atoms. The van der Waals surface area contributed by atoms with Crippen LogP contribution in [0.4, 0.5) is 0 Å². The summed E-state index contributed by atoms with van der Waals surface area (Å²) in [6.45, 7) is 1.49. The van der Waals surface area contributed by atoms with Crippen molar-refractivity contribution in [2.45, 2.75) is 38.7 Å². The van der Waals surface area contributed by atoms with E-state index in [1.807, 2.05) is 41.6 Å². The molecule has 0 aliphatic carbocycles. The van der Waals surface area contributed by atoms with E-state index in [4.69, 9.17) is 20.8 Å². The lowest BCUT2D eigenvalue weighted by atomic mass is 10.0. The maximum Gasteiger partial charge on any atom is 0.323 e. The van der Waals surface area contributed by atoms with Gasteiger partial charge in [0.15, 0.2) is 0 Å². The van der Waals surface area contributed by atoms with Crippen LogP contribution in [-0.2, 0) is 42.2 Å². The first-order chi connectivity index (χ1) is 14.1. The molecule has 4 rings (SSSR count). The molecule has 3 heterocycles. The van der Waals surface area contributed by atoms with Crippen molar-refractivity contribution < 1.29 is 19.1 Å². The number of esters is 1. The number of hydrogen-bond donors (Lipinski definition) is 1. The summed E-state index contributed by atoms with van der Waals surface area (Å²) in [5.41, 5.74) is 3.09. The largest absolute Gasteiger partial charge is 0.468 e. The number of ether oxygens (including phenoxy) is 1. The Morgan fingerprint density at radius 2 is 2.00 bits per heavy atom. The summed E-state index contributed by atoms with van der Waals surface area (Å²) in [5.74, 6) is 0.895. The molecule has 7 nitrogen and oxygen atoms in total. The van der Waals surface area contributed by atoms with E-state index in [1.54, 1.807) is 6.07 Å². The molecule has 0 unspecified atom stereocenters. The second kappa shape index (κ2) is 8.41. The monoisotopic (exact) mass is 415 g/mol. The molecular weight excluding hydrogens is 394 g/mol. The lowest BCUT2D eigenvalue weighted by Gasteiger charge is -2.33. The summed E-state index contributed by atoms with van der Waals surface area (Å²) in [6.07, 6.45) is 2.29. The highest BCUT2D eigenvalue weighted by molar-refractivity contribution is 6.30. The number of furan rings is 1. The third kappa shape index (κ3) is 4.22. The van der Waals surface area contributed by atoms with Crippen LogP contribution in [0.2, 0.25) is 5.02 Å². The van der Waals surface area contributed by atoms with E-state index in [-0.39, 0.29) is 12.6 Å². The number of aromatic nitrogens is 2. The van der Waals surface area contributed by atoms with E-state index in [2.05, 4.69) is 9.55 Å². The second-order valence-electron chi connectivity index (χ2n) is 7.07. The van der Waals surface area contributed by atoms with Crippen molar-refractivity contribution in [3.63, 3.8) is 0 Å². The molecule has 152 valence electrons. The molecule has 0 fully saturated rings. The van der Waals surface area contributed by atoms with E-state index < -0.39 is 6.04 Å². The number of fused-ring (bicyclic) bond motifs is 1. The van der Waals surface area contributed by atoms with Gasteiger partial charge in [-0.2, -0.15) is 0 Å². The van der Waals surface area contributed by atoms with Gasteiger partial charge in [0.1, 0.15) is 24.2 Å². The number of imidazole rings is 1. The molecule has 1 aliphatic rings. The van der Waals surface area contributed by atoms with E-state index in [9.17, 15) is 9.90 Å². The van der Waals surface area contributed by atoms with Crippen molar-refractivity contribution in [2.24, 2.45) is 0 Å². The molecule has 8 heteroatoms. The maximum absolute atomic E-state index is 12.4. The van der Waals surface area contributed by atoms with Gasteiger partial charge in [-0.05, 0) is 29.8 Å². The van der Waals surface area contributed by atoms with Crippen LogP contribution in [0.5, 0.6) is 0 Å². The first-order valence-corrected chi connectivity index (χ1v) is 9.73. The summed E-state index contributed by atoms with van der Waals surface area (Å²) in [5, 5.41) is 9.93. The van der Waals surface area contributed by atoms with Crippen LogP contribution in [-0.4, -0.2) is 38.7 Å². The quantitative estimate of drug-likeness (QED) is 0.623. The molecule has 1 atom stereocenters. The molecule has 0 bridgehead atoms. The van der Waals surface area contributed by atoms with Gasteiger partial charge in [0.2, 0.25) is 0 Å². The fraction of sp³-hybridized carbons (Fsp3) is 0.333. The maximum atomic E-state index is 12.4. The van der Waals surface area contributed by atoms with Gasteiger partial charge < -0.3 is 18.8 Å². The summed E-state index contributed by atoms with van der Waals surface area (Å²) in [6, 6.07) is 10.8. The molecule has 2 aromatic heterocycles. The number of carbonyl (C=O) groups excluding carboxylic acids is 1. The van der Waals surface area contributed by atoms with E-state index in [0.717, 1.165) is 17.0 Å². The normalized spacial score (nSPS) is 16.6. The number of benzene rings is 1. The molecular formula is C21H22ClN3O4. The number of hydrogen-bond acceptors (Lipinski definition) is 6. The van der Waals surface area contributed by atoms with Crippen molar-refractivity contribution >= 4 is 17.6 Å². The lowest BCUT2D eigenvalue weighted by Crippen LogP contribution is -2.46. The lowest BCUT2D eigenvalue weighted by molar-refractivity contribution is -0.148. The van der Waals surface area contributed by atoms with Crippen molar-refractivity contribution in [1.82, 2.24) is 14.5 Å². The van der Waals surface area contributed by atoms with Crippen LogP contribution in [0.15, 0.2) is 47.1 Å². The number of aliphatic hydroxyl groups excluding tert-OH is 1. The average molecular weight is 416 g/mol. The zero-order valence-electron chi connectivity index (χ0n) is 16.0. The zero-order chi connectivity index (χ0) is 20.4. The minimum atomic E-state index is -0.436. The minimum Gasteiger partial charge on any atom is -0.468 e. The summed E-state index contributed by atoms with van der Waals surface area (Å²) >= 11 is 5.98. The number of aliphatic hydroxyl groups is 1. The Bertz CT molecular complexity index is 996. The van der Waals surface area contributed by atoms with Crippen molar-refractivity contribution in [3.8, 4) is 0 Å². The van der Waals surface area contributed by atoms with Gasteiger partial charge in [0.05, 0.1) is 31.4 Å². The Kier molecular flexibility index (Phi) is 5.71. The van der Waals surface area contributed by atoms with E-state index >= 15 is 0 Å². The molecule has 3 aromatic rings. The Labute approximate surface area is 173 Å². The summed E-state index contributed by atoms with van der Waals surface area (Å²) < 4.78 is 12.7. The van der Waals surface area contributed by atoms with Crippen molar-refractivity contribution in [3.05, 3.63) is 76.2 Å². The summed E-state index contributed by atoms with van der Waals surface area (Å²) in [7, 11) is 1.39. The predicted molar refractivity (Wildman–Crippen MR) is 106 cm³/mol. The number of halogens is 1. The van der Waals surface area contributed by atoms with Gasteiger partial charge in [0, 0.05) is 24.5 Å². The highest BCUT2D eigenvalue weighted by atomic mass is 35.5. The fourth-order valence-corrected chi connectivity index (χ4v) is 3.79. The number of nitrogens with zero attached hydrogens (tertiary/aromatic N) is 3. The van der Waals surface area contributed by atoms with Crippen molar-refractivity contribution in [1.29, 1.82) is 0 Å². The number of methoxy groups -OCH3 is 1. The van der Waals surface area contributed by atoms with Crippen molar-refractivity contribution in [2.75, 3.05) is 7.11 Å². The van der Waals surface area contributed by atoms with Crippen LogP contribution in [0.1, 0.15) is 28.5 Å². The molecule has 29 heavy (non-hydrogen) atoms. The van der Waals surface area contributed by atoms with E-state index in [1.165, 1.54) is 7.11 Å². The molecule has 1 aliphatic heterocycles. The standard InChI is InChI=1S/C21H22ClN3O4/c1-28-21(27)19-8-18-20(11-24(19)10-16-6-7-17(12-26)29-16)25(13-23-18)9-14-2-4-15(22)5-3-14/h2-7,13,19,26H,8-12H2,1H3/t19-/m0/s1. The zero-order valence-corrected chi connectivity index (χ0v) is 16.8. The van der Waals surface area contributed by atoms with Gasteiger partial charge >= 0.3 is 5.97 Å². The first kappa shape index (κ1) is 19.7. The minimum absolute atomic E-state index is 0.154. The predicted octanol–water partition coefficient (Wildman–Crippen LogP) is 2.77. The molecule has 0 saturated carbocycles. The Balaban J connectivity index is 1.59. The molecule has 1 N–H and O–H groups in total. The average Bonchev–Trinajstić information content (AvgIpc) is 3.35. The molecule has 0 radical (unpaired) electrons. The number of rotatable bonds is 6. The smallest absolute Gasteiger partial charge is 0.323 e. The Morgan fingerprint density at radius 3 is 2.69 bits per heavy atom. The molecule has 1 aromatic carbocycles. The highest BCUT2D eigenvalue weighted by Gasteiger charge is 2.35. The van der Waals surface area contributed by atoms with Gasteiger partial charge in [0.25, 0.3) is 0 Å². The number of carbonyl (C=O) groups is 1. The topological polar surface area (TPSA) is 80.7 Å². The highest BCUT2D eigenvalue weighted by Crippen LogP contribution is 2.26. The van der Waals surface area contributed by atoms with Crippen LogP contribution in [0.25, 0.3) is 0 Å². The Hall–Kier alpha value is -2.61. The third-order valence-corrected chi connectivity index (χ3v) is 5.44. The molecule has 0 amide bonds.